The van der Waals surface area contributed by atoms with Crippen molar-refractivity contribution in [1.82, 2.24) is 5.43 Å². The summed E-state index contributed by atoms with van der Waals surface area (Å²) in [6, 6.07) is 9.24. The highest BCUT2D eigenvalue weighted by atomic mass is 35.5. The summed E-state index contributed by atoms with van der Waals surface area (Å²) in [5.74, 6) is -0.808. The van der Waals surface area contributed by atoms with Crippen LogP contribution in [0.2, 0.25) is 5.02 Å². The van der Waals surface area contributed by atoms with Crippen LogP contribution in [0.3, 0.4) is 0 Å². The van der Waals surface area contributed by atoms with Gasteiger partial charge in [0.1, 0.15) is 5.82 Å². The van der Waals surface area contributed by atoms with Crippen molar-refractivity contribution in [2.45, 2.75) is 39.7 Å². The smallest absolute Gasteiger partial charge is 0.271 e. The molecule has 0 atom stereocenters. The Labute approximate surface area is 176 Å². The number of benzene rings is 2. The van der Waals surface area contributed by atoms with Gasteiger partial charge in [-0.05, 0) is 69.2 Å². The fourth-order valence-electron chi connectivity index (χ4n) is 3.67. The third-order valence-electron chi connectivity index (χ3n) is 5.02. The maximum absolute atomic E-state index is 13.0. The zero-order valence-electron chi connectivity index (χ0n) is 17.1. The normalized spacial score (nSPS) is 15.2. The summed E-state index contributed by atoms with van der Waals surface area (Å²) < 4.78 is 13.0. The monoisotopic (exact) mass is 413 g/mol. The average molecular weight is 414 g/mol. The van der Waals surface area contributed by atoms with Crippen LogP contribution in [0.15, 0.2) is 47.6 Å². The van der Waals surface area contributed by atoms with E-state index < -0.39 is 11.7 Å². The van der Waals surface area contributed by atoms with Crippen molar-refractivity contribution in [3.05, 3.63) is 70.0 Å². The van der Waals surface area contributed by atoms with Gasteiger partial charge in [-0.25, -0.2) is 9.82 Å². The lowest BCUT2D eigenvalue weighted by atomic mass is 9.88. The molecule has 1 heterocycles. The highest BCUT2D eigenvalue weighted by Gasteiger charge is 2.31. The summed E-state index contributed by atoms with van der Waals surface area (Å²) in [6.07, 6.45) is 4.82. The van der Waals surface area contributed by atoms with Gasteiger partial charge >= 0.3 is 0 Å². The number of amides is 1. The number of rotatable bonds is 5. The number of carbonyl (C=O) groups excluding carboxylic acids is 1. The maximum Gasteiger partial charge on any atom is 0.271 e. The number of hydrogen-bond acceptors (Lipinski definition) is 3. The average Bonchev–Trinajstić information content (AvgIpc) is 2.66. The molecule has 3 rings (SSSR count). The molecule has 4 nitrogen and oxygen atoms in total. The van der Waals surface area contributed by atoms with Gasteiger partial charge < -0.3 is 4.90 Å². The third kappa shape index (κ3) is 4.51. The first kappa shape index (κ1) is 21.1. The zero-order chi connectivity index (χ0) is 21.2. The number of carbonyl (C=O) groups is 1. The molecule has 0 aliphatic carbocycles. The molecule has 1 aliphatic rings. The number of nitrogens with one attached hydrogen (secondary N) is 1. The molecule has 6 heteroatoms. The molecule has 2 aromatic carbocycles. The minimum absolute atomic E-state index is 0.0881. The van der Waals surface area contributed by atoms with Crippen LogP contribution in [0.25, 0.3) is 5.57 Å². The predicted molar refractivity (Wildman–Crippen MR) is 118 cm³/mol. The Kier molecular flexibility index (Phi) is 6.08. The van der Waals surface area contributed by atoms with E-state index in [4.69, 9.17) is 11.6 Å². The van der Waals surface area contributed by atoms with Crippen LogP contribution in [-0.2, 0) is 0 Å². The standard InChI is InChI=1S/C23H25ClFN3O/c1-5-10-28-21-12-20(24)17(11-19(21)15(2)13-23(28,3)4)14-26-27-22(29)16-6-8-18(25)9-7-16/h6-9,11-14H,5,10H2,1-4H3,(H,27,29)/b26-14-. The zero-order valence-corrected chi connectivity index (χ0v) is 17.8. The number of allylic oxidation sites excluding steroid dienone is 1. The Morgan fingerprint density at radius 1 is 1.28 bits per heavy atom. The SMILES string of the molecule is CCCN1c2cc(Cl)c(/C=N\NC(=O)c3ccc(F)cc3)cc2C(C)=CC1(C)C. The first-order valence-corrected chi connectivity index (χ1v) is 10.0. The lowest BCUT2D eigenvalue weighted by Gasteiger charge is -2.43. The number of anilines is 1. The van der Waals surface area contributed by atoms with Crippen LogP contribution in [0, 0.1) is 5.82 Å². The lowest BCUT2D eigenvalue weighted by molar-refractivity contribution is 0.0955. The molecule has 1 amide bonds. The van der Waals surface area contributed by atoms with Gasteiger partial charge in [0.25, 0.3) is 5.91 Å². The minimum Gasteiger partial charge on any atom is -0.362 e. The second-order valence-electron chi connectivity index (χ2n) is 7.73. The second-order valence-corrected chi connectivity index (χ2v) is 8.14. The molecule has 0 unspecified atom stereocenters. The van der Waals surface area contributed by atoms with Gasteiger partial charge in [-0.15, -0.1) is 0 Å². The largest absolute Gasteiger partial charge is 0.362 e. The van der Waals surface area contributed by atoms with Crippen molar-refractivity contribution in [2.75, 3.05) is 11.4 Å². The number of nitrogens with zero attached hydrogens (tertiary/aromatic N) is 2. The van der Waals surface area contributed by atoms with Crippen LogP contribution >= 0.6 is 11.6 Å². The van der Waals surface area contributed by atoms with E-state index in [1.165, 1.54) is 36.1 Å². The molecule has 0 saturated carbocycles. The summed E-state index contributed by atoms with van der Waals surface area (Å²) >= 11 is 6.53. The first-order valence-electron chi connectivity index (χ1n) is 9.63. The Balaban J connectivity index is 1.85. The Bertz CT molecular complexity index is 980. The van der Waals surface area contributed by atoms with Crippen molar-refractivity contribution in [3.63, 3.8) is 0 Å². The first-order chi connectivity index (χ1) is 13.7. The fraction of sp³-hybridized carbons (Fsp3) is 0.304. The fourth-order valence-corrected chi connectivity index (χ4v) is 3.88. The van der Waals surface area contributed by atoms with Gasteiger partial charge in [0.05, 0.1) is 16.8 Å². The summed E-state index contributed by atoms with van der Waals surface area (Å²) in [7, 11) is 0. The molecule has 0 bridgehead atoms. The van der Waals surface area contributed by atoms with Crippen LogP contribution in [-0.4, -0.2) is 24.2 Å². The van der Waals surface area contributed by atoms with E-state index in [1.54, 1.807) is 0 Å². The van der Waals surface area contributed by atoms with Crippen molar-refractivity contribution >= 4 is 35.0 Å². The summed E-state index contributed by atoms with van der Waals surface area (Å²) in [4.78, 5) is 14.5. The van der Waals surface area contributed by atoms with E-state index in [2.05, 4.69) is 49.2 Å². The van der Waals surface area contributed by atoms with Gasteiger partial charge in [0.15, 0.2) is 0 Å². The van der Waals surface area contributed by atoms with Gasteiger partial charge in [-0.2, -0.15) is 5.10 Å². The topological polar surface area (TPSA) is 44.7 Å². The van der Waals surface area contributed by atoms with Gasteiger partial charge in [0, 0.05) is 28.9 Å². The molecular weight excluding hydrogens is 389 g/mol. The van der Waals surface area contributed by atoms with Gasteiger partial charge in [-0.3, -0.25) is 4.79 Å². The van der Waals surface area contributed by atoms with Crippen molar-refractivity contribution in [3.8, 4) is 0 Å². The van der Waals surface area contributed by atoms with E-state index in [1.807, 2.05) is 12.1 Å². The lowest BCUT2D eigenvalue weighted by Crippen LogP contribution is -2.45. The highest BCUT2D eigenvalue weighted by molar-refractivity contribution is 6.33. The van der Waals surface area contributed by atoms with E-state index in [0.717, 1.165) is 24.2 Å². The molecule has 1 N–H and O–H groups in total. The summed E-state index contributed by atoms with van der Waals surface area (Å²) in [5.41, 5.74) is 6.80. The second kappa shape index (κ2) is 8.37. The quantitative estimate of drug-likeness (QED) is 0.508. The van der Waals surface area contributed by atoms with Crippen molar-refractivity contribution in [2.24, 2.45) is 5.10 Å². The number of hydrogen-bond donors (Lipinski definition) is 1. The van der Waals surface area contributed by atoms with E-state index in [0.29, 0.717) is 16.1 Å². The molecule has 29 heavy (non-hydrogen) atoms. The van der Waals surface area contributed by atoms with Crippen LogP contribution in [0.1, 0.15) is 55.6 Å². The number of hydrazone groups is 1. The Morgan fingerprint density at radius 2 is 1.97 bits per heavy atom. The van der Waals surface area contributed by atoms with Crippen LogP contribution in [0.4, 0.5) is 10.1 Å². The molecule has 0 saturated heterocycles. The van der Waals surface area contributed by atoms with Crippen LogP contribution in [0.5, 0.6) is 0 Å². The number of fused-ring (bicyclic) bond motifs is 1. The molecule has 0 aromatic heterocycles. The van der Waals surface area contributed by atoms with Crippen LogP contribution < -0.4 is 10.3 Å². The predicted octanol–water partition coefficient (Wildman–Crippen LogP) is 5.65. The summed E-state index contributed by atoms with van der Waals surface area (Å²) in [5, 5.41) is 4.59. The van der Waals surface area contributed by atoms with Crippen molar-refractivity contribution < 1.29 is 9.18 Å². The van der Waals surface area contributed by atoms with Crippen molar-refractivity contribution in [1.29, 1.82) is 0 Å². The Morgan fingerprint density at radius 3 is 2.62 bits per heavy atom. The van der Waals surface area contributed by atoms with Gasteiger partial charge in [-0.1, -0.05) is 24.6 Å². The molecule has 0 fully saturated rings. The molecule has 0 radical (unpaired) electrons. The van der Waals surface area contributed by atoms with E-state index >= 15 is 0 Å². The molecular formula is C23H25ClFN3O. The minimum atomic E-state index is -0.415. The summed E-state index contributed by atoms with van der Waals surface area (Å²) in [6.45, 7) is 9.58. The van der Waals surface area contributed by atoms with E-state index in [9.17, 15) is 9.18 Å². The molecule has 1 aliphatic heterocycles. The van der Waals surface area contributed by atoms with Gasteiger partial charge in [0.2, 0.25) is 0 Å². The van der Waals surface area contributed by atoms with E-state index in [-0.39, 0.29) is 5.54 Å². The highest BCUT2D eigenvalue weighted by Crippen LogP contribution is 2.41. The maximum atomic E-state index is 13.0. The molecule has 0 spiro atoms. The Hall–Kier alpha value is -2.66. The molecule has 2 aromatic rings. The molecule has 152 valence electrons. The third-order valence-corrected chi connectivity index (χ3v) is 5.35. The number of halogens is 2.